The summed E-state index contributed by atoms with van der Waals surface area (Å²) < 4.78 is 33.3. The molecule has 0 fully saturated rings. The second-order valence-electron chi connectivity index (χ2n) is 8.75. The number of benzene rings is 2. The Bertz CT molecular complexity index is 1150. The lowest BCUT2D eigenvalue weighted by Crippen LogP contribution is -2.37. The lowest BCUT2D eigenvalue weighted by atomic mass is 10.2. The smallest absolute Gasteiger partial charge is 0.322 e. The summed E-state index contributed by atoms with van der Waals surface area (Å²) in [6, 6.07) is 15.5. The number of nitrogens with one attached hydrogen (secondary N) is 1. The molecule has 0 aliphatic carbocycles. The van der Waals surface area contributed by atoms with E-state index in [0.29, 0.717) is 25.4 Å². The van der Waals surface area contributed by atoms with Crippen LogP contribution in [0.15, 0.2) is 63.9 Å². The van der Waals surface area contributed by atoms with Gasteiger partial charge in [0.2, 0.25) is 15.9 Å². The maximum atomic E-state index is 13.1. The van der Waals surface area contributed by atoms with Gasteiger partial charge in [0.15, 0.2) is 0 Å². The van der Waals surface area contributed by atoms with Crippen molar-refractivity contribution in [2.75, 3.05) is 18.4 Å². The fourth-order valence-corrected chi connectivity index (χ4v) is 5.09. The third-order valence-electron chi connectivity index (χ3n) is 4.78. The fourth-order valence-electron chi connectivity index (χ4n) is 3.33. The molecule has 1 N–H and O–H groups in total. The highest BCUT2D eigenvalue weighted by Crippen LogP contribution is 2.20. The van der Waals surface area contributed by atoms with Crippen LogP contribution in [0.5, 0.6) is 0 Å². The summed E-state index contributed by atoms with van der Waals surface area (Å²) in [6.07, 6.45) is 0.458. The van der Waals surface area contributed by atoms with Gasteiger partial charge in [-0.3, -0.25) is 10.1 Å². The van der Waals surface area contributed by atoms with Gasteiger partial charge in [0.25, 0.3) is 5.91 Å². The Balaban J connectivity index is 1.68. The van der Waals surface area contributed by atoms with Gasteiger partial charge in [0.1, 0.15) is 0 Å². The van der Waals surface area contributed by atoms with Gasteiger partial charge >= 0.3 is 6.01 Å². The molecule has 1 aromatic heterocycles. The second-order valence-corrected chi connectivity index (χ2v) is 10.7. The molecule has 33 heavy (non-hydrogen) atoms. The first kappa shape index (κ1) is 24.6. The number of hydrogen-bond acceptors (Lipinski definition) is 6. The molecule has 0 saturated carbocycles. The van der Waals surface area contributed by atoms with E-state index in [2.05, 4.69) is 15.5 Å². The average molecular weight is 471 g/mol. The molecule has 0 saturated heterocycles. The van der Waals surface area contributed by atoms with Gasteiger partial charge in [-0.25, -0.2) is 8.42 Å². The molecule has 0 spiro atoms. The van der Waals surface area contributed by atoms with Crippen molar-refractivity contribution in [3.63, 3.8) is 0 Å². The highest BCUT2D eigenvalue weighted by Gasteiger charge is 2.26. The number of aromatic nitrogens is 2. The van der Waals surface area contributed by atoms with Gasteiger partial charge < -0.3 is 4.42 Å². The molecule has 176 valence electrons. The molecule has 9 heteroatoms. The van der Waals surface area contributed by atoms with E-state index in [-0.39, 0.29) is 28.3 Å². The van der Waals surface area contributed by atoms with E-state index in [1.807, 2.05) is 58.0 Å². The van der Waals surface area contributed by atoms with Crippen molar-refractivity contribution in [3.05, 3.63) is 71.6 Å². The van der Waals surface area contributed by atoms with Crippen LogP contribution in [0.4, 0.5) is 6.01 Å². The van der Waals surface area contributed by atoms with Gasteiger partial charge in [-0.2, -0.15) is 4.31 Å². The quantitative estimate of drug-likeness (QED) is 0.476. The van der Waals surface area contributed by atoms with Crippen molar-refractivity contribution in [2.24, 2.45) is 11.8 Å². The van der Waals surface area contributed by atoms with Gasteiger partial charge in [0.05, 0.1) is 11.3 Å². The largest absolute Gasteiger partial charge is 0.407 e. The molecule has 0 atom stereocenters. The molecule has 3 aromatic rings. The van der Waals surface area contributed by atoms with Crippen LogP contribution in [0.1, 0.15) is 49.5 Å². The van der Waals surface area contributed by atoms with E-state index in [1.54, 1.807) is 0 Å². The van der Waals surface area contributed by atoms with E-state index in [4.69, 9.17) is 4.42 Å². The molecule has 1 amide bonds. The maximum absolute atomic E-state index is 13.1. The predicted octanol–water partition coefficient (Wildman–Crippen LogP) is 4.22. The number of sulfonamides is 1. The maximum Gasteiger partial charge on any atom is 0.322 e. The van der Waals surface area contributed by atoms with Crippen LogP contribution in [0.2, 0.25) is 0 Å². The Morgan fingerprint density at radius 3 is 2.12 bits per heavy atom. The summed E-state index contributed by atoms with van der Waals surface area (Å²) in [5, 5.41) is 10.4. The van der Waals surface area contributed by atoms with Gasteiger partial charge in [-0.15, -0.1) is 5.10 Å². The molecule has 1 heterocycles. The molecule has 0 aliphatic rings. The monoisotopic (exact) mass is 470 g/mol. The van der Waals surface area contributed by atoms with Crippen molar-refractivity contribution in [3.8, 4) is 0 Å². The number of nitrogens with zero attached hydrogens (tertiary/aromatic N) is 3. The van der Waals surface area contributed by atoms with E-state index in [1.165, 1.54) is 28.6 Å². The Morgan fingerprint density at radius 1 is 0.939 bits per heavy atom. The minimum absolute atomic E-state index is 0.0114. The normalized spacial score (nSPS) is 12.0. The fraction of sp³-hybridized carbons (Fsp3) is 0.375. The van der Waals surface area contributed by atoms with Gasteiger partial charge in [-0.05, 0) is 41.7 Å². The van der Waals surface area contributed by atoms with Gasteiger partial charge in [0, 0.05) is 18.7 Å². The summed E-state index contributed by atoms with van der Waals surface area (Å²) in [6.45, 7) is 8.81. The lowest BCUT2D eigenvalue weighted by Gasteiger charge is -2.25. The van der Waals surface area contributed by atoms with E-state index in [0.717, 1.165) is 5.56 Å². The molecular formula is C24H30N4O4S. The number of hydrogen-bond donors (Lipinski definition) is 1. The molecule has 8 nitrogen and oxygen atoms in total. The van der Waals surface area contributed by atoms with Crippen LogP contribution < -0.4 is 5.32 Å². The van der Waals surface area contributed by atoms with Crippen LogP contribution in [0.25, 0.3) is 0 Å². The Hall–Kier alpha value is -3.04. The molecule has 2 aromatic carbocycles. The molecular weight excluding hydrogens is 440 g/mol. The third-order valence-corrected chi connectivity index (χ3v) is 6.62. The zero-order chi connectivity index (χ0) is 24.0. The highest BCUT2D eigenvalue weighted by atomic mass is 32.2. The zero-order valence-electron chi connectivity index (χ0n) is 19.4. The Morgan fingerprint density at radius 2 is 1.55 bits per heavy atom. The molecule has 0 unspecified atom stereocenters. The first-order chi connectivity index (χ1) is 15.6. The first-order valence-electron chi connectivity index (χ1n) is 10.9. The SMILES string of the molecule is CC(C)CN(CC(C)C)S(=O)(=O)c1ccc(C(=O)Nc2nnc(Cc3ccccc3)o2)cc1. The summed E-state index contributed by atoms with van der Waals surface area (Å²) in [7, 11) is -3.66. The van der Waals surface area contributed by atoms with Crippen molar-refractivity contribution < 1.29 is 17.6 Å². The summed E-state index contributed by atoms with van der Waals surface area (Å²) in [5.41, 5.74) is 1.30. The summed E-state index contributed by atoms with van der Waals surface area (Å²) in [4.78, 5) is 12.7. The summed E-state index contributed by atoms with van der Waals surface area (Å²) in [5.74, 6) is 0.318. The van der Waals surface area contributed by atoms with Crippen molar-refractivity contribution in [2.45, 2.75) is 39.0 Å². The van der Waals surface area contributed by atoms with E-state index in [9.17, 15) is 13.2 Å². The van der Waals surface area contributed by atoms with Crippen LogP contribution in [-0.4, -0.2) is 41.9 Å². The minimum atomic E-state index is -3.66. The second kappa shape index (κ2) is 10.7. The first-order valence-corrected chi connectivity index (χ1v) is 12.4. The zero-order valence-corrected chi connectivity index (χ0v) is 20.2. The standard InChI is InChI=1S/C24H30N4O4S/c1-17(2)15-28(16-18(3)4)33(30,31)21-12-10-20(11-13-21)23(29)25-24-27-26-22(32-24)14-19-8-6-5-7-9-19/h5-13,17-18H,14-16H2,1-4H3,(H,25,27,29). The Kier molecular flexibility index (Phi) is 7.99. The minimum Gasteiger partial charge on any atom is -0.407 e. The van der Waals surface area contributed by atoms with Crippen molar-refractivity contribution >= 4 is 21.9 Å². The number of carbonyl (C=O) groups is 1. The van der Waals surface area contributed by atoms with Crippen LogP contribution in [0, 0.1) is 11.8 Å². The van der Waals surface area contributed by atoms with Crippen LogP contribution in [-0.2, 0) is 16.4 Å². The van der Waals surface area contributed by atoms with Gasteiger partial charge in [-0.1, -0.05) is 63.1 Å². The van der Waals surface area contributed by atoms with Crippen LogP contribution in [0.3, 0.4) is 0 Å². The van der Waals surface area contributed by atoms with E-state index >= 15 is 0 Å². The number of rotatable bonds is 10. The van der Waals surface area contributed by atoms with Crippen molar-refractivity contribution in [1.82, 2.24) is 14.5 Å². The highest BCUT2D eigenvalue weighted by molar-refractivity contribution is 7.89. The molecule has 0 radical (unpaired) electrons. The number of amides is 1. The summed E-state index contributed by atoms with van der Waals surface area (Å²) >= 11 is 0. The third kappa shape index (κ3) is 6.72. The van der Waals surface area contributed by atoms with Crippen molar-refractivity contribution in [1.29, 1.82) is 0 Å². The predicted molar refractivity (Wildman–Crippen MR) is 126 cm³/mol. The average Bonchev–Trinajstić information content (AvgIpc) is 3.20. The molecule has 0 bridgehead atoms. The number of anilines is 1. The van der Waals surface area contributed by atoms with Crippen LogP contribution >= 0.6 is 0 Å². The molecule has 0 aliphatic heterocycles. The molecule has 3 rings (SSSR count). The number of carbonyl (C=O) groups excluding carboxylic acids is 1. The van der Waals surface area contributed by atoms with E-state index < -0.39 is 15.9 Å². The lowest BCUT2D eigenvalue weighted by molar-refractivity contribution is 0.102. The Labute approximate surface area is 195 Å². The topological polar surface area (TPSA) is 105 Å².